The maximum Gasteiger partial charge on any atom is 0.101 e. The van der Waals surface area contributed by atoms with Crippen molar-refractivity contribution in [2.75, 3.05) is 6.61 Å². The highest BCUT2D eigenvalue weighted by Crippen LogP contribution is 2.22. The first-order chi connectivity index (χ1) is 3.93. The number of rotatable bonds is 2. The Morgan fingerprint density at radius 3 is 3.12 bits per heavy atom. The summed E-state index contributed by atoms with van der Waals surface area (Å²) in [6.45, 7) is 4.54. The third-order valence-corrected chi connectivity index (χ3v) is 1.28. The Bertz CT molecular complexity index is 72.5. The molecular weight excluding hydrogens is 100 g/mol. The van der Waals surface area contributed by atoms with Gasteiger partial charge < -0.3 is 4.74 Å². The molecule has 0 aromatic heterocycles. The minimum absolute atomic E-state index is 0.920. The van der Waals surface area contributed by atoms with Crippen molar-refractivity contribution in [3.63, 3.8) is 0 Å². The molecule has 0 N–H and O–H groups in total. The molecule has 0 bridgehead atoms. The zero-order valence-electron chi connectivity index (χ0n) is 5.02. The summed E-state index contributed by atoms with van der Waals surface area (Å²) in [6, 6.07) is 0. The third-order valence-electron chi connectivity index (χ3n) is 1.28. The van der Waals surface area contributed by atoms with Gasteiger partial charge in [0.2, 0.25) is 0 Å². The Balaban J connectivity index is 2.14. The molecule has 1 rings (SSSR count). The summed E-state index contributed by atoms with van der Waals surface area (Å²) in [4.78, 5) is 0. The van der Waals surface area contributed by atoms with Crippen LogP contribution < -0.4 is 0 Å². The molecule has 0 saturated carbocycles. The third kappa shape index (κ3) is 1.34. The highest BCUT2D eigenvalue weighted by molar-refractivity contribution is 4.90. The van der Waals surface area contributed by atoms with Crippen molar-refractivity contribution >= 4 is 0 Å². The van der Waals surface area contributed by atoms with Crippen LogP contribution in [-0.4, -0.2) is 6.61 Å². The van der Waals surface area contributed by atoms with Gasteiger partial charge in [-0.1, -0.05) is 6.08 Å². The van der Waals surface area contributed by atoms with E-state index in [2.05, 4.69) is 6.58 Å². The smallest absolute Gasteiger partial charge is 0.101 e. The Morgan fingerprint density at radius 2 is 2.62 bits per heavy atom. The summed E-state index contributed by atoms with van der Waals surface area (Å²) >= 11 is 0. The maximum absolute atomic E-state index is 5.24. The number of ether oxygens (including phenoxy) is 1. The lowest BCUT2D eigenvalue weighted by Gasteiger charge is -2.00. The topological polar surface area (TPSA) is 9.23 Å². The van der Waals surface area contributed by atoms with E-state index in [1.165, 1.54) is 12.5 Å². The standard InChI is InChI=1S/C7H11O/c1-2-4-7-5-3-6-8-7/h2H,1,3-6H2. The van der Waals surface area contributed by atoms with Gasteiger partial charge in [-0.25, -0.2) is 0 Å². The van der Waals surface area contributed by atoms with E-state index >= 15 is 0 Å². The van der Waals surface area contributed by atoms with Crippen LogP contribution in [0.4, 0.5) is 0 Å². The van der Waals surface area contributed by atoms with Gasteiger partial charge in [0.05, 0.1) is 0 Å². The van der Waals surface area contributed by atoms with Crippen molar-refractivity contribution in [3.8, 4) is 0 Å². The first-order valence-corrected chi connectivity index (χ1v) is 3.02. The van der Waals surface area contributed by atoms with Gasteiger partial charge in [0, 0.05) is 6.61 Å². The van der Waals surface area contributed by atoms with Crippen LogP contribution in [0.15, 0.2) is 12.7 Å². The molecule has 45 valence electrons. The number of hydrogen-bond acceptors (Lipinski definition) is 1. The molecule has 1 heterocycles. The van der Waals surface area contributed by atoms with Crippen molar-refractivity contribution in [1.29, 1.82) is 0 Å². The molecule has 8 heavy (non-hydrogen) atoms. The molecule has 0 atom stereocenters. The zero-order valence-corrected chi connectivity index (χ0v) is 5.02. The summed E-state index contributed by atoms with van der Waals surface area (Å²) in [5.74, 6) is 0. The van der Waals surface area contributed by atoms with Gasteiger partial charge in [-0.2, -0.15) is 0 Å². The average molecular weight is 111 g/mol. The van der Waals surface area contributed by atoms with E-state index in [9.17, 15) is 0 Å². The normalized spacial score (nSPS) is 21.5. The number of hydrogen-bond donors (Lipinski definition) is 0. The second-order valence-corrected chi connectivity index (χ2v) is 1.98. The summed E-state index contributed by atoms with van der Waals surface area (Å²) in [5.41, 5.74) is 0. The lowest BCUT2D eigenvalue weighted by molar-refractivity contribution is 0.196. The molecule has 1 aliphatic rings. The quantitative estimate of drug-likeness (QED) is 0.494. The first kappa shape index (κ1) is 5.83. The van der Waals surface area contributed by atoms with Crippen LogP contribution >= 0.6 is 0 Å². The second kappa shape index (κ2) is 2.88. The van der Waals surface area contributed by atoms with Crippen molar-refractivity contribution < 1.29 is 4.74 Å². The monoisotopic (exact) mass is 111 g/mol. The fourth-order valence-corrected chi connectivity index (χ4v) is 0.880. The Morgan fingerprint density at radius 1 is 1.75 bits per heavy atom. The van der Waals surface area contributed by atoms with E-state index in [4.69, 9.17) is 4.74 Å². The van der Waals surface area contributed by atoms with E-state index in [1.807, 2.05) is 6.08 Å². The van der Waals surface area contributed by atoms with E-state index in [0.717, 1.165) is 19.4 Å². The van der Waals surface area contributed by atoms with Gasteiger partial charge in [0.1, 0.15) is 6.10 Å². The van der Waals surface area contributed by atoms with E-state index in [0.29, 0.717) is 0 Å². The Labute approximate surface area is 50.3 Å². The van der Waals surface area contributed by atoms with Gasteiger partial charge >= 0.3 is 0 Å². The van der Waals surface area contributed by atoms with Gasteiger partial charge in [0.25, 0.3) is 0 Å². The van der Waals surface area contributed by atoms with Crippen LogP contribution in [0.2, 0.25) is 0 Å². The molecule has 1 heteroatoms. The minimum atomic E-state index is 0.920. The highest BCUT2D eigenvalue weighted by Gasteiger charge is 2.13. The molecule has 0 aliphatic carbocycles. The van der Waals surface area contributed by atoms with Gasteiger partial charge in [-0.05, 0) is 19.3 Å². The van der Waals surface area contributed by atoms with Gasteiger partial charge in [-0.15, -0.1) is 6.58 Å². The summed E-state index contributed by atoms with van der Waals surface area (Å²) in [5, 5.41) is 0. The summed E-state index contributed by atoms with van der Waals surface area (Å²) in [6.07, 6.45) is 6.38. The fourth-order valence-electron chi connectivity index (χ4n) is 0.880. The van der Waals surface area contributed by atoms with Crippen LogP contribution in [-0.2, 0) is 4.74 Å². The molecule has 1 radical (unpaired) electrons. The van der Waals surface area contributed by atoms with Crippen molar-refractivity contribution in [3.05, 3.63) is 18.8 Å². The van der Waals surface area contributed by atoms with Crippen LogP contribution in [0.3, 0.4) is 0 Å². The van der Waals surface area contributed by atoms with Crippen molar-refractivity contribution in [2.24, 2.45) is 0 Å². The Hall–Kier alpha value is -0.300. The first-order valence-electron chi connectivity index (χ1n) is 3.02. The van der Waals surface area contributed by atoms with Crippen molar-refractivity contribution in [1.82, 2.24) is 0 Å². The molecule has 1 nitrogen and oxygen atoms in total. The molecule has 0 aromatic carbocycles. The van der Waals surface area contributed by atoms with Gasteiger partial charge in [0.15, 0.2) is 0 Å². The SMILES string of the molecule is C=CC[C]1CCCO1. The van der Waals surface area contributed by atoms with E-state index in [-0.39, 0.29) is 0 Å². The highest BCUT2D eigenvalue weighted by atomic mass is 16.5. The van der Waals surface area contributed by atoms with Crippen LogP contribution in [0.25, 0.3) is 0 Å². The van der Waals surface area contributed by atoms with E-state index < -0.39 is 0 Å². The molecule has 0 aromatic rings. The van der Waals surface area contributed by atoms with Crippen LogP contribution in [0, 0.1) is 6.10 Å². The van der Waals surface area contributed by atoms with Crippen molar-refractivity contribution in [2.45, 2.75) is 19.3 Å². The molecular formula is C7H11O. The van der Waals surface area contributed by atoms with E-state index in [1.54, 1.807) is 0 Å². The zero-order chi connectivity index (χ0) is 5.82. The predicted octanol–water partition coefficient (Wildman–Crippen LogP) is 1.90. The molecule has 0 spiro atoms. The fraction of sp³-hybridized carbons (Fsp3) is 0.571. The summed E-state index contributed by atoms with van der Waals surface area (Å²) in [7, 11) is 0. The Kier molecular flexibility index (Phi) is 2.10. The molecule has 0 unspecified atom stereocenters. The lowest BCUT2D eigenvalue weighted by Crippen LogP contribution is -1.89. The summed E-state index contributed by atoms with van der Waals surface area (Å²) < 4.78 is 5.24. The average Bonchev–Trinajstić information content (AvgIpc) is 2.19. The molecule has 0 amide bonds. The molecule has 1 saturated heterocycles. The van der Waals surface area contributed by atoms with Crippen LogP contribution in [0.1, 0.15) is 19.3 Å². The molecule has 1 fully saturated rings. The largest absolute Gasteiger partial charge is 0.372 e. The second-order valence-electron chi connectivity index (χ2n) is 1.98. The van der Waals surface area contributed by atoms with Gasteiger partial charge in [-0.3, -0.25) is 0 Å². The predicted molar refractivity (Wildman–Crippen MR) is 33.2 cm³/mol. The lowest BCUT2D eigenvalue weighted by atomic mass is 10.2. The van der Waals surface area contributed by atoms with Crippen LogP contribution in [0.5, 0.6) is 0 Å². The maximum atomic E-state index is 5.24. The molecule has 1 aliphatic heterocycles. The minimum Gasteiger partial charge on any atom is -0.372 e.